The lowest BCUT2D eigenvalue weighted by Gasteiger charge is -2.51. The first kappa shape index (κ1) is 18.2. The fourth-order valence-corrected chi connectivity index (χ4v) is 4.24. The zero-order valence-electron chi connectivity index (χ0n) is 15.7. The van der Waals surface area contributed by atoms with Gasteiger partial charge in [-0.25, -0.2) is 4.98 Å². The molecule has 1 aromatic carbocycles. The number of morpholine rings is 1. The molecular formula is C20H25N3O4. The van der Waals surface area contributed by atoms with Gasteiger partial charge in [0.25, 0.3) is 0 Å². The Kier molecular flexibility index (Phi) is 4.99. The van der Waals surface area contributed by atoms with Crippen LogP contribution in [0.2, 0.25) is 0 Å². The lowest BCUT2D eigenvalue weighted by atomic mass is 9.77. The normalized spacial score (nSPS) is 28.0. The molecule has 1 aromatic heterocycles. The Hall–Kier alpha value is -2.22. The van der Waals surface area contributed by atoms with Crippen LogP contribution < -0.4 is 9.47 Å². The van der Waals surface area contributed by atoms with Gasteiger partial charge in [0.1, 0.15) is 0 Å². The summed E-state index contributed by atoms with van der Waals surface area (Å²) in [5.41, 5.74) is 0.830. The van der Waals surface area contributed by atoms with Gasteiger partial charge in [-0.3, -0.25) is 4.90 Å². The van der Waals surface area contributed by atoms with E-state index in [9.17, 15) is 5.11 Å². The van der Waals surface area contributed by atoms with Gasteiger partial charge in [0, 0.05) is 24.8 Å². The highest BCUT2D eigenvalue weighted by Crippen LogP contribution is 2.44. The summed E-state index contributed by atoms with van der Waals surface area (Å²) >= 11 is 0. The van der Waals surface area contributed by atoms with E-state index in [0.29, 0.717) is 37.5 Å². The van der Waals surface area contributed by atoms with Crippen molar-refractivity contribution in [2.75, 3.05) is 27.4 Å². The van der Waals surface area contributed by atoms with Gasteiger partial charge in [-0.2, -0.15) is 4.98 Å². The maximum atomic E-state index is 11.5. The average molecular weight is 371 g/mol. The van der Waals surface area contributed by atoms with Gasteiger partial charge < -0.3 is 19.3 Å². The lowest BCUT2D eigenvalue weighted by Crippen LogP contribution is -2.60. The van der Waals surface area contributed by atoms with Gasteiger partial charge in [0.2, 0.25) is 5.88 Å². The summed E-state index contributed by atoms with van der Waals surface area (Å²) in [5.74, 6) is 0.361. The molecule has 3 heterocycles. The Balaban J connectivity index is 1.61. The van der Waals surface area contributed by atoms with Crippen molar-refractivity contribution in [3.05, 3.63) is 47.7 Å². The number of fused-ring (bicyclic) bond motifs is 2. The van der Waals surface area contributed by atoms with Crippen LogP contribution in [0.15, 0.2) is 36.5 Å². The molecule has 2 bridgehead atoms. The number of piperidine rings is 1. The number of ether oxygens (including phenoxy) is 3. The summed E-state index contributed by atoms with van der Waals surface area (Å²) in [5, 5.41) is 11.5. The first-order valence-corrected chi connectivity index (χ1v) is 9.18. The Morgan fingerprint density at radius 2 is 1.85 bits per heavy atom. The average Bonchev–Trinajstić information content (AvgIpc) is 2.69. The second-order valence-corrected chi connectivity index (χ2v) is 7.22. The maximum absolute atomic E-state index is 11.5. The van der Waals surface area contributed by atoms with Gasteiger partial charge in [-0.05, 0) is 18.4 Å². The van der Waals surface area contributed by atoms with Crippen molar-refractivity contribution in [2.24, 2.45) is 0 Å². The first-order chi connectivity index (χ1) is 13.1. The van der Waals surface area contributed by atoms with E-state index < -0.39 is 5.60 Å². The van der Waals surface area contributed by atoms with Crippen molar-refractivity contribution < 1.29 is 19.3 Å². The van der Waals surface area contributed by atoms with E-state index in [0.717, 1.165) is 6.54 Å². The minimum atomic E-state index is -1.05. The van der Waals surface area contributed by atoms with Gasteiger partial charge >= 0.3 is 6.01 Å². The molecule has 1 N–H and O–H groups in total. The summed E-state index contributed by atoms with van der Waals surface area (Å²) in [6.07, 6.45) is 2.71. The predicted octanol–water partition coefficient (Wildman–Crippen LogP) is 1.74. The summed E-state index contributed by atoms with van der Waals surface area (Å²) < 4.78 is 16.3. The number of hydrogen-bond acceptors (Lipinski definition) is 7. The molecule has 27 heavy (non-hydrogen) atoms. The quantitative estimate of drug-likeness (QED) is 0.858. The van der Waals surface area contributed by atoms with Gasteiger partial charge in [-0.1, -0.05) is 30.3 Å². The third-order valence-corrected chi connectivity index (χ3v) is 5.52. The minimum absolute atomic E-state index is 0.120. The van der Waals surface area contributed by atoms with Crippen molar-refractivity contribution >= 4 is 0 Å². The molecule has 2 unspecified atom stereocenters. The third-order valence-electron chi connectivity index (χ3n) is 5.52. The molecule has 4 rings (SSSR count). The molecule has 2 aromatic rings. The van der Waals surface area contributed by atoms with Gasteiger partial charge in [0.05, 0.1) is 38.6 Å². The SMILES string of the molecule is COc1ncc(C2(O)CC3COCC(C2)N3Cc2ccccc2)c(OC)n1. The van der Waals surface area contributed by atoms with Crippen LogP contribution in [0.1, 0.15) is 24.0 Å². The molecule has 0 spiro atoms. The Bertz CT molecular complexity index is 772. The number of benzene rings is 1. The van der Waals surface area contributed by atoms with Crippen LogP contribution in [0, 0.1) is 0 Å². The largest absolute Gasteiger partial charge is 0.481 e. The van der Waals surface area contributed by atoms with Crippen LogP contribution in [0.5, 0.6) is 11.9 Å². The number of aliphatic hydroxyl groups is 1. The lowest BCUT2D eigenvalue weighted by molar-refractivity contribution is -0.150. The highest BCUT2D eigenvalue weighted by molar-refractivity contribution is 5.33. The van der Waals surface area contributed by atoms with Crippen molar-refractivity contribution in [1.82, 2.24) is 14.9 Å². The molecule has 2 aliphatic rings. The summed E-state index contributed by atoms with van der Waals surface area (Å²) in [4.78, 5) is 10.9. The summed E-state index contributed by atoms with van der Waals surface area (Å²) in [6.45, 7) is 2.06. The molecule has 0 radical (unpaired) electrons. The van der Waals surface area contributed by atoms with Crippen LogP contribution in [0.3, 0.4) is 0 Å². The second-order valence-electron chi connectivity index (χ2n) is 7.22. The van der Waals surface area contributed by atoms with Crippen molar-refractivity contribution in [3.8, 4) is 11.9 Å². The Labute approximate surface area is 158 Å². The minimum Gasteiger partial charge on any atom is -0.481 e. The highest BCUT2D eigenvalue weighted by atomic mass is 16.5. The molecule has 7 nitrogen and oxygen atoms in total. The molecule has 2 fully saturated rings. The molecular weight excluding hydrogens is 346 g/mol. The fourth-order valence-electron chi connectivity index (χ4n) is 4.24. The third kappa shape index (κ3) is 3.50. The monoisotopic (exact) mass is 371 g/mol. The molecule has 0 aliphatic carbocycles. The van der Waals surface area contributed by atoms with E-state index in [4.69, 9.17) is 14.2 Å². The van der Waals surface area contributed by atoms with E-state index in [1.807, 2.05) is 6.07 Å². The van der Waals surface area contributed by atoms with Gasteiger partial charge in [-0.15, -0.1) is 0 Å². The molecule has 2 aliphatic heterocycles. The maximum Gasteiger partial charge on any atom is 0.319 e. The topological polar surface area (TPSA) is 76.9 Å². The molecule has 0 amide bonds. The van der Waals surface area contributed by atoms with Crippen molar-refractivity contribution in [3.63, 3.8) is 0 Å². The standard InChI is InChI=1S/C20H25N3O4/c1-25-18-17(10-21-19(22-18)26-2)20(24)8-15-12-27-13-16(9-20)23(15)11-14-6-4-3-5-7-14/h3-7,10,15-16,24H,8-9,11-13H2,1-2H3. The Morgan fingerprint density at radius 1 is 1.15 bits per heavy atom. The van der Waals surface area contributed by atoms with Crippen LogP contribution in [-0.2, 0) is 16.9 Å². The van der Waals surface area contributed by atoms with E-state index in [1.165, 1.54) is 12.7 Å². The van der Waals surface area contributed by atoms with Crippen molar-refractivity contribution in [1.29, 1.82) is 0 Å². The van der Waals surface area contributed by atoms with E-state index >= 15 is 0 Å². The molecule has 0 saturated carbocycles. The van der Waals surface area contributed by atoms with Crippen LogP contribution in [0.4, 0.5) is 0 Å². The van der Waals surface area contributed by atoms with E-state index in [2.05, 4.69) is 39.1 Å². The molecule has 2 saturated heterocycles. The van der Waals surface area contributed by atoms with Crippen LogP contribution in [-0.4, -0.2) is 59.5 Å². The van der Waals surface area contributed by atoms with Crippen LogP contribution >= 0.6 is 0 Å². The smallest absolute Gasteiger partial charge is 0.319 e. The molecule has 144 valence electrons. The Morgan fingerprint density at radius 3 is 2.48 bits per heavy atom. The van der Waals surface area contributed by atoms with E-state index in [-0.39, 0.29) is 18.1 Å². The molecule has 7 heteroatoms. The summed E-state index contributed by atoms with van der Waals surface area (Å²) in [6, 6.07) is 10.9. The summed E-state index contributed by atoms with van der Waals surface area (Å²) in [7, 11) is 3.05. The number of aromatic nitrogens is 2. The number of rotatable bonds is 5. The van der Waals surface area contributed by atoms with Crippen LogP contribution in [0.25, 0.3) is 0 Å². The molecule has 2 atom stereocenters. The number of hydrogen-bond donors (Lipinski definition) is 1. The van der Waals surface area contributed by atoms with Gasteiger partial charge in [0.15, 0.2) is 0 Å². The number of methoxy groups -OCH3 is 2. The highest BCUT2D eigenvalue weighted by Gasteiger charge is 2.48. The first-order valence-electron chi connectivity index (χ1n) is 9.18. The zero-order chi connectivity index (χ0) is 18.9. The number of nitrogens with zero attached hydrogens (tertiary/aromatic N) is 3. The second kappa shape index (κ2) is 7.42. The van der Waals surface area contributed by atoms with E-state index in [1.54, 1.807) is 13.3 Å². The van der Waals surface area contributed by atoms with Crippen molar-refractivity contribution in [2.45, 2.75) is 37.1 Å². The zero-order valence-corrected chi connectivity index (χ0v) is 15.7. The predicted molar refractivity (Wildman–Crippen MR) is 98.6 cm³/mol. The fraction of sp³-hybridized carbons (Fsp3) is 0.500.